The molecule has 0 spiro atoms. The summed E-state index contributed by atoms with van der Waals surface area (Å²) in [7, 11) is 0. The summed E-state index contributed by atoms with van der Waals surface area (Å²) in [4.78, 5) is 12.0. The molecule has 3 nitrogen and oxygen atoms in total. The summed E-state index contributed by atoms with van der Waals surface area (Å²) in [5, 5.41) is 10.9. The molecule has 0 aromatic heterocycles. The lowest BCUT2D eigenvalue weighted by Gasteiger charge is -2.42. The molecule has 1 N–H and O–H groups in total. The summed E-state index contributed by atoms with van der Waals surface area (Å²) in [6.07, 6.45) is 3.96. The Morgan fingerprint density at radius 2 is 2.05 bits per heavy atom. The normalized spacial score (nSPS) is 36.7. The maximum absolute atomic E-state index is 12.0. The van der Waals surface area contributed by atoms with E-state index in [2.05, 4.69) is 20.4 Å². The van der Waals surface area contributed by atoms with Crippen LogP contribution in [0.4, 0.5) is 0 Å². The molecule has 0 amide bonds. The SMILES string of the molecule is C=C1C[C@@]2(O)CC(C)(C)C[C@]2(C)C=C1C(=O)OCC. The molecule has 3 heteroatoms. The molecule has 2 rings (SSSR count). The first-order chi connectivity index (χ1) is 8.62. The molecule has 2 aliphatic carbocycles. The van der Waals surface area contributed by atoms with E-state index in [-0.39, 0.29) is 16.8 Å². The van der Waals surface area contributed by atoms with Crippen LogP contribution in [0.5, 0.6) is 0 Å². The van der Waals surface area contributed by atoms with Crippen molar-refractivity contribution in [2.45, 2.75) is 52.6 Å². The van der Waals surface area contributed by atoms with Crippen molar-refractivity contribution in [2.75, 3.05) is 6.61 Å². The van der Waals surface area contributed by atoms with Crippen LogP contribution >= 0.6 is 0 Å². The van der Waals surface area contributed by atoms with E-state index < -0.39 is 5.60 Å². The molecule has 0 saturated heterocycles. The number of rotatable bonds is 2. The van der Waals surface area contributed by atoms with Gasteiger partial charge < -0.3 is 9.84 Å². The lowest BCUT2D eigenvalue weighted by atomic mass is 9.67. The molecule has 0 bridgehead atoms. The van der Waals surface area contributed by atoms with E-state index in [4.69, 9.17) is 4.74 Å². The maximum Gasteiger partial charge on any atom is 0.338 e. The molecule has 0 heterocycles. The van der Waals surface area contributed by atoms with Gasteiger partial charge in [0.25, 0.3) is 0 Å². The van der Waals surface area contributed by atoms with Crippen LogP contribution in [-0.2, 0) is 9.53 Å². The van der Waals surface area contributed by atoms with Gasteiger partial charge in [-0.3, -0.25) is 0 Å². The van der Waals surface area contributed by atoms with Crippen LogP contribution in [0.15, 0.2) is 23.8 Å². The van der Waals surface area contributed by atoms with Gasteiger partial charge in [0.15, 0.2) is 0 Å². The summed E-state index contributed by atoms with van der Waals surface area (Å²) in [5.41, 5.74) is 0.149. The van der Waals surface area contributed by atoms with Crippen LogP contribution in [0, 0.1) is 10.8 Å². The third kappa shape index (κ3) is 2.25. The number of hydrogen-bond acceptors (Lipinski definition) is 3. The summed E-state index contributed by atoms with van der Waals surface area (Å²) in [6, 6.07) is 0. The molecule has 2 atom stereocenters. The predicted molar refractivity (Wildman–Crippen MR) is 74.5 cm³/mol. The van der Waals surface area contributed by atoms with E-state index in [0.717, 1.165) is 12.8 Å². The molecule has 2 aliphatic rings. The summed E-state index contributed by atoms with van der Waals surface area (Å²) >= 11 is 0. The Morgan fingerprint density at radius 1 is 1.42 bits per heavy atom. The van der Waals surface area contributed by atoms with Crippen molar-refractivity contribution in [1.29, 1.82) is 0 Å². The second-order valence-corrected chi connectivity index (χ2v) is 7.03. The van der Waals surface area contributed by atoms with E-state index in [1.165, 1.54) is 0 Å². The van der Waals surface area contributed by atoms with Gasteiger partial charge in [0.2, 0.25) is 0 Å². The minimum Gasteiger partial charge on any atom is -0.462 e. The van der Waals surface area contributed by atoms with Crippen molar-refractivity contribution in [3.63, 3.8) is 0 Å². The van der Waals surface area contributed by atoms with E-state index >= 15 is 0 Å². The molecule has 0 aliphatic heterocycles. The van der Waals surface area contributed by atoms with Crippen molar-refractivity contribution in [1.82, 2.24) is 0 Å². The minimum atomic E-state index is -0.788. The molecule has 19 heavy (non-hydrogen) atoms. The average Bonchev–Trinajstić information content (AvgIpc) is 2.41. The second-order valence-electron chi connectivity index (χ2n) is 7.03. The molecule has 0 aromatic carbocycles. The molecular formula is C16H24O3. The van der Waals surface area contributed by atoms with Crippen molar-refractivity contribution >= 4 is 5.97 Å². The third-order valence-corrected chi connectivity index (χ3v) is 4.52. The van der Waals surface area contributed by atoms with E-state index in [1.807, 2.05) is 13.0 Å². The largest absolute Gasteiger partial charge is 0.462 e. The lowest BCUT2D eigenvalue weighted by molar-refractivity contribution is -0.138. The Kier molecular flexibility index (Phi) is 3.17. The van der Waals surface area contributed by atoms with Gasteiger partial charge in [0.05, 0.1) is 17.8 Å². The Bertz CT molecular complexity index is 461. The van der Waals surface area contributed by atoms with E-state index in [9.17, 15) is 9.90 Å². The van der Waals surface area contributed by atoms with Crippen LogP contribution in [-0.4, -0.2) is 23.3 Å². The first kappa shape index (κ1) is 14.3. The molecule has 0 radical (unpaired) electrons. The van der Waals surface area contributed by atoms with Crippen LogP contribution in [0.1, 0.15) is 47.0 Å². The van der Waals surface area contributed by atoms with Crippen molar-refractivity contribution in [2.24, 2.45) is 10.8 Å². The van der Waals surface area contributed by atoms with Crippen molar-refractivity contribution in [3.8, 4) is 0 Å². The van der Waals surface area contributed by atoms with Gasteiger partial charge in [-0.25, -0.2) is 4.79 Å². The Balaban J connectivity index is 2.41. The predicted octanol–water partition coefficient (Wildman–Crippen LogP) is 2.99. The van der Waals surface area contributed by atoms with Crippen molar-refractivity contribution in [3.05, 3.63) is 23.8 Å². The molecule has 106 valence electrons. The van der Waals surface area contributed by atoms with Gasteiger partial charge in [-0.05, 0) is 30.8 Å². The maximum atomic E-state index is 12.0. The number of carbonyl (C=O) groups excluding carboxylic acids is 1. The summed E-state index contributed by atoms with van der Waals surface area (Å²) in [6.45, 7) is 12.5. The minimum absolute atomic E-state index is 0.0738. The van der Waals surface area contributed by atoms with E-state index in [0.29, 0.717) is 24.2 Å². The molecule has 0 unspecified atom stereocenters. The van der Waals surface area contributed by atoms with Gasteiger partial charge in [0, 0.05) is 11.8 Å². The number of ether oxygens (including phenoxy) is 1. The van der Waals surface area contributed by atoms with Gasteiger partial charge in [-0.2, -0.15) is 0 Å². The standard InChI is InChI=1S/C16H24O3/c1-6-19-13(17)12-8-15(5)9-14(3,4)10-16(15,18)7-11(12)2/h8,18H,2,6-7,9-10H2,1,3-5H3/t15-,16+/m0/s1. The fourth-order valence-electron chi connectivity index (χ4n) is 3.95. The molecule has 0 aromatic rings. The zero-order valence-corrected chi connectivity index (χ0v) is 12.4. The van der Waals surface area contributed by atoms with Crippen molar-refractivity contribution < 1.29 is 14.6 Å². The Morgan fingerprint density at radius 3 is 2.63 bits per heavy atom. The molecule has 1 fully saturated rings. The fraction of sp³-hybridized carbons (Fsp3) is 0.688. The highest BCUT2D eigenvalue weighted by atomic mass is 16.5. The first-order valence-electron chi connectivity index (χ1n) is 6.93. The summed E-state index contributed by atoms with van der Waals surface area (Å²) in [5.74, 6) is -0.319. The van der Waals surface area contributed by atoms with Gasteiger partial charge in [0.1, 0.15) is 0 Å². The zero-order valence-electron chi connectivity index (χ0n) is 12.4. The highest BCUT2D eigenvalue weighted by Crippen LogP contribution is 2.60. The van der Waals surface area contributed by atoms with Crippen LogP contribution in [0.25, 0.3) is 0 Å². The Labute approximate surface area is 115 Å². The zero-order chi connectivity index (χ0) is 14.5. The smallest absolute Gasteiger partial charge is 0.338 e. The topological polar surface area (TPSA) is 46.5 Å². The number of aliphatic hydroxyl groups is 1. The molecular weight excluding hydrogens is 240 g/mol. The number of carbonyl (C=O) groups is 1. The van der Waals surface area contributed by atoms with Gasteiger partial charge in [-0.1, -0.05) is 33.4 Å². The lowest BCUT2D eigenvalue weighted by Crippen LogP contribution is -2.44. The number of hydrogen-bond donors (Lipinski definition) is 1. The number of esters is 1. The average molecular weight is 264 g/mol. The van der Waals surface area contributed by atoms with E-state index in [1.54, 1.807) is 6.92 Å². The highest BCUT2D eigenvalue weighted by molar-refractivity contribution is 5.94. The second kappa shape index (κ2) is 4.20. The van der Waals surface area contributed by atoms with Crippen LogP contribution < -0.4 is 0 Å². The number of fused-ring (bicyclic) bond motifs is 1. The first-order valence-corrected chi connectivity index (χ1v) is 6.93. The summed E-state index contributed by atoms with van der Waals surface area (Å²) < 4.78 is 5.08. The Hall–Kier alpha value is -1.09. The van der Waals surface area contributed by atoms with Gasteiger partial charge >= 0.3 is 5.97 Å². The van der Waals surface area contributed by atoms with Crippen LogP contribution in [0.2, 0.25) is 0 Å². The van der Waals surface area contributed by atoms with Gasteiger partial charge in [-0.15, -0.1) is 0 Å². The monoisotopic (exact) mass is 264 g/mol. The highest BCUT2D eigenvalue weighted by Gasteiger charge is 2.58. The fourth-order valence-corrected chi connectivity index (χ4v) is 3.95. The molecule has 1 saturated carbocycles. The third-order valence-electron chi connectivity index (χ3n) is 4.52. The quantitative estimate of drug-likeness (QED) is 0.780. The van der Waals surface area contributed by atoms with Crippen LogP contribution in [0.3, 0.4) is 0 Å².